The van der Waals surface area contributed by atoms with E-state index in [9.17, 15) is 14.4 Å². The van der Waals surface area contributed by atoms with E-state index in [2.05, 4.69) is 4.98 Å². The second kappa shape index (κ2) is 9.27. The highest BCUT2D eigenvalue weighted by Gasteiger charge is 2.27. The predicted molar refractivity (Wildman–Crippen MR) is 113 cm³/mol. The molecule has 0 aliphatic rings. The Balaban J connectivity index is 2.09. The smallest absolute Gasteiger partial charge is 0.330 e. The zero-order valence-electron chi connectivity index (χ0n) is 16.9. The number of carbonyl (C=O) groups is 1. The molecule has 1 aromatic carbocycles. The van der Waals surface area contributed by atoms with E-state index >= 15 is 0 Å². The van der Waals surface area contributed by atoms with Gasteiger partial charge in [-0.25, -0.2) is 4.79 Å². The SMILES string of the molecule is COCCCN(C(=O)c1occc1C)c1c(N)n(Cc2ccccc2)c(=O)[nH]c1=O. The molecule has 0 saturated heterocycles. The number of aromatic amines is 1. The molecular weight excluding hydrogens is 388 g/mol. The maximum Gasteiger partial charge on any atom is 0.330 e. The highest BCUT2D eigenvalue weighted by molar-refractivity contribution is 6.06. The molecule has 3 N–H and O–H groups in total. The van der Waals surface area contributed by atoms with E-state index in [-0.39, 0.29) is 30.4 Å². The standard InChI is InChI=1S/C21H24N4O5/c1-14-9-12-30-17(14)20(27)24(10-6-11-29-2)16-18(22)25(21(28)23-19(16)26)13-15-7-4-3-5-8-15/h3-5,7-9,12H,6,10-11,13,22H2,1-2H3,(H,23,26,28). The lowest BCUT2D eigenvalue weighted by Crippen LogP contribution is -2.42. The van der Waals surface area contributed by atoms with Gasteiger partial charge in [-0.1, -0.05) is 30.3 Å². The fourth-order valence-electron chi connectivity index (χ4n) is 3.16. The fourth-order valence-corrected chi connectivity index (χ4v) is 3.16. The summed E-state index contributed by atoms with van der Waals surface area (Å²) in [5.41, 5.74) is 6.22. The molecule has 0 radical (unpaired) electrons. The number of ether oxygens (including phenoxy) is 1. The van der Waals surface area contributed by atoms with Gasteiger partial charge in [-0.15, -0.1) is 0 Å². The van der Waals surface area contributed by atoms with Gasteiger partial charge in [0.05, 0.1) is 12.8 Å². The lowest BCUT2D eigenvalue weighted by Gasteiger charge is -2.24. The van der Waals surface area contributed by atoms with Gasteiger partial charge in [0.15, 0.2) is 11.4 Å². The van der Waals surface area contributed by atoms with E-state index in [1.807, 2.05) is 30.3 Å². The van der Waals surface area contributed by atoms with Crippen LogP contribution in [-0.4, -0.2) is 35.7 Å². The number of hydrogen-bond donors (Lipinski definition) is 2. The van der Waals surface area contributed by atoms with Crippen molar-refractivity contribution in [3.8, 4) is 0 Å². The molecule has 158 valence electrons. The summed E-state index contributed by atoms with van der Waals surface area (Å²) in [4.78, 5) is 41.8. The van der Waals surface area contributed by atoms with Crippen LogP contribution in [0.2, 0.25) is 0 Å². The van der Waals surface area contributed by atoms with Crippen molar-refractivity contribution < 1.29 is 13.9 Å². The third-order valence-electron chi connectivity index (χ3n) is 4.70. The minimum Gasteiger partial charge on any atom is -0.459 e. The van der Waals surface area contributed by atoms with Gasteiger partial charge in [0, 0.05) is 25.8 Å². The number of carbonyl (C=O) groups excluding carboxylic acids is 1. The number of rotatable bonds is 8. The molecule has 30 heavy (non-hydrogen) atoms. The van der Waals surface area contributed by atoms with Crippen molar-refractivity contribution in [2.75, 3.05) is 30.9 Å². The Morgan fingerprint density at radius 3 is 2.60 bits per heavy atom. The molecule has 0 spiro atoms. The summed E-state index contributed by atoms with van der Waals surface area (Å²) in [6.45, 7) is 2.41. The molecule has 9 heteroatoms. The van der Waals surface area contributed by atoms with Crippen LogP contribution in [0.15, 0.2) is 56.7 Å². The Kier molecular flexibility index (Phi) is 6.53. The summed E-state index contributed by atoms with van der Waals surface area (Å²) in [6, 6.07) is 10.9. The molecule has 9 nitrogen and oxygen atoms in total. The number of aryl methyl sites for hydroxylation is 1. The zero-order chi connectivity index (χ0) is 21.7. The first-order valence-corrected chi connectivity index (χ1v) is 9.45. The second-order valence-electron chi connectivity index (χ2n) is 6.80. The summed E-state index contributed by atoms with van der Waals surface area (Å²) in [7, 11) is 1.55. The number of H-pyrrole nitrogens is 1. The van der Waals surface area contributed by atoms with Crippen LogP contribution in [0.25, 0.3) is 0 Å². The first kappa shape index (κ1) is 21.1. The van der Waals surface area contributed by atoms with Crippen LogP contribution in [-0.2, 0) is 11.3 Å². The first-order chi connectivity index (χ1) is 14.4. The van der Waals surface area contributed by atoms with E-state index in [1.54, 1.807) is 20.1 Å². The van der Waals surface area contributed by atoms with Crippen molar-refractivity contribution in [2.24, 2.45) is 0 Å². The maximum atomic E-state index is 13.2. The minimum absolute atomic E-state index is 0.0948. The van der Waals surface area contributed by atoms with Crippen LogP contribution >= 0.6 is 0 Å². The Labute approximate surface area is 172 Å². The highest BCUT2D eigenvalue weighted by atomic mass is 16.5. The molecule has 0 aliphatic carbocycles. The van der Waals surface area contributed by atoms with E-state index in [0.29, 0.717) is 18.6 Å². The van der Waals surface area contributed by atoms with Crippen LogP contribution in [0.4, 0.5) is 11.5 Å². The van der Waals surface area contributed by atoms with Gasteiger partial charge in [-0.05, 0) is 25.0 Å². The molecule has 0 bridgehead atoms. The van der Waals surface area contributed by atoms with Gasteiger partial charge >= 0.3 is 5.69 Å². The summed E-state index contributed by atoms with van der Waals surface area (Å²) in [5, 5.41) is 0. The van der Waals surface area contributed by atoms with Gasteiger partial charge in [-0.3, -0.25) is 24.0 Å². The number of hydrogen-bond acceptors (Lipinski definition) is 6. The van der Waals surface area contributed by atoms with Crippen molar-refractivity contribution in [1.82, 2.24) is 9.55 Å². The quantitative estimate of drug-likeness (QED) is 0.543. The molecule has 2 heterocycles. The normalized spacial score (nSPS) is 10.9. The average molecular weight is 412 g/mol. The van der Waals surface area contributed by atoms with Crippen LogP contribution < -0.4 is 21.9 Å². The Morgan fingerprint density at radius 1 is 1.23 bits per heavy atom. The number of furan rings is 1. The molecule has 3 aromatic rings. The largest absolute Gasteiger partial charge is 0.459 e. The second-order valence-corrected chi connectivity index (χ2v) is 6.80. The molecule has 3 rings (SSSR count). The van der Waals surface area contributed by atoms with Crippen molar-refractivity contribution in [3.05, 3.63) is 80.4 Å². The van der Waals surface area contributed by atoms with E-state index < -0.39 is 17.2 Å². The minimum atomic E-state index is -0.739. The summed E-state index contributed by atoms with van der Waals surface area (Å²) in [5.74, 6) is -0.509. The maximum absolute atomic E-state index is 13.2. The van der Waals surface area contributed by atoms with Gasteiger partial charge in [0.1, 0.15) is 5.82 Å². The van der Waals surface area contributed by atoms with Crippen LogP contribution in [0.1, 0.15) is 28.1 Å². The van der Waals surface area contributed by atoms with Crippen molar-refractivity contribution >= 4 is 17.4 Å². The lowest BCUT2D eigenvalue weighted by molar-refractivity contribution is 0.0955. The van der Waals surface area contributed by atoms with Gasteiger partial charge in [0.25, 0.3) is 11.5 Å². The van der Waals surface area contributed by atoms with Gasteiger partial charge in [0.2, 0.25) is 0 Å². The van der Waals surface area contributed by atoms with E-state index in [4.69, 9.17) is 14.9 Å². The molecule has 0 saturated carbocycles. The number of amides is 1. The summed E-state index contributed by atoms with van der Waals surface area (Å²) in [6.07, 6.45) is 1.86. The van der Waals surface area contributed by atoms with Gasteiger partial charge < -0.3 is 14.9 Å². The number of nitrogens with one attached hydrogen (secondary N) is 1. The lowest BCUT2D eigenvalue weighted by atomic mass is 10.2. The van der Waals surface area contributed by atoms with E-state index in [0.717, 1.165) is 5.56 Å². The first-order valence-electron chi connectivity index (χ1n) is 9.45. The third-order valence-corrected chi connectivity index (χ3v) is 4.70. The Bertz CT molecular complexity index is 1130. The number of aromatic nitrogens is 2. The van der Waals surface area contributed by atoms with Crippen LogP contribution in [0.3, 0.4) is 0 Å². The third kappa shape index (κ3) is 4.36. The number of benzene rings is 1. The topological polar surface area (TPSA) is 124 Å². The average Bonchev–Trinajstić information content (AvgIpc) is 3.16. The Morgan fingerprint density at radius 2 is 1.97 bits per heavy atom. The number of methoxy groups -OCH3 is 1. The molecule has 0 aliphatic heterocycles. The van der Waals surface area contributed by atoms with E-state index in [1.165, 1.54) is 15.7 Å². The van der Waals surface area contributed by atoms with Crippen molar-refractivity contribution in [1.29, 1.82) is 0 Å². The number of anilines is 2. The molecule has 0 fully saturated rings. The molecule has 2 aromatic heterocycles. The molecule has 1 amide bonds. The Hall–Kier alpha value is -3.59. The molecule has 0 unspecified atom stereocenters. The fraction of sp³-hybridized carbons (Fsp3) is 0.286. The predicted octanol–water partition coefficient (Wildman–Crippen LogP) is 1.75. The number of nitrogens with two attached hydrogens (primary N) is 1. The monoisotopic (exact) mass is 412 g/mol. The summed E-state index contributed by atoms with van der Waals surface area (Å²) < 4.78 is 11.6. The molecular formula is C21H24N4O5. The number of nitrogen functional groups attached to an aromatic ring is 1. The zero-order valence-corrected chi connectivity index (χ0v) is 16.9. The van der Waals surface area contributed by atoms with Crippen molar-refractivity contribution in [2.45, 2.75) is 19.9 Å². The number of nitrogens with zero attached hydrogens (tertiary/aromatic N) is 2. The van der Waals surface area contributed by atoms with Crippen LogP contribution in [0.5, 0.6) is 0 Å². The van der Waals surface area contributed by atoms with Gasteiger partial charge in [-0.2, -0.15) is 0 Å². The van der Waals surface area contributed by atoms with Crippen LogP contribution in [0, 0.1) is 6.92 Å². The molecule has 0 atom stereocenters. The highest BCUT2D eigenvalue weighted by Crippen LogP contribution is 2.22. The summed E-state index contributed by atoms with van der Waals surface area (Å²) >= 11 is 0. The van der Waals surface area contributed by atoms with Crippen molar-refractivity contribution in [3.63, 3.8) is 0 Å².